The van der Waals surface area contributed by atoms with E-state index < -0.39 is 5.60 Å². The molecule has 1 aromatic rings. The van der Waals surface area contributed by atoms with Crippen molar-refractivity contribution in [2.45, 2.75) is 26.4 Å². The molecule has 0 aromatic heterocycles. The van der Waals surface area contributed by atoms with Gasteiger partial charge in [-0.25, -0.2) is 4.79 Å². The van der Waals surface area contributed by atoms with Crippen LogP contribution in [0.4, 0.5) is 5.69 Å². The highest BCUT2D eigenvalue weighted by Gasteiger charge is 2.13. The Kier molecular flexibility index (Phi) is 4.34. The molecule has 4 heteroatoms. The lowest BCUT2D eigenvalue weighted by molar-refractivity contribution is -0.148. The van der Waals surface area contributed by atoms with Crippen LogP contribution in [0.15, 0.2) is 28.7 Å². The zero-order chi connectivity index (χ0) is 13.1. The quantitative estimate of drug-likeness (QED) is 0.517. The molecule has 1 rings (SSSR count). The molecule has 2 N–H and O–H groups in total. The highest BCUT2D eigenvalue weighted by Crippen LogP contribution is 2.20. The second-order valence-corrected chi connectivity index (χ2v) is 5.50. The van der Waals surface area contributed by atoms with Crippen LogP contribution >= 0.6 is 15.9 Å². The van der Waals surface area contributed by atoms with Crippen LogP contribution in [0.2, 0.25) is 0 Å². The Morgan fingerprint density at radius 1 is 1.41 bits per heavy atom. The number of carbonyl (C=O) groups excluding carboxylic acids is 1. The van der Waals surface area contributed by atoms with Crippen LogP contribution in [0.3, 0.4) is 0 Å². The minimum atomic E-state index is -0.472. The van der Waals surface area contributed by atoms with E-state index in [0.717, 1.165) is 10.0 Å². The van der Waals surface area contributed by atoms with E-state index in [2.05, 4.69) is 15.9 Å². The van der Waals surface area contributed by atoms with Gasteiger partial charge in [0, 0.05) is 16.2 Å². The number of carbonyl (C=O) groups is 1. The first-order chi connectivity index (χ1) is 7.78. The number of benzene rings is 1. The SMILES string of the molecule is CC(C)(C)OC(=O)/C=C/c1ccc(Br)c(N)c1. The van der Waals surface area contributed by atoms with E-state index in [0.29, 0.717) is 5.69 Å². The summed E-state index contributed by atoms with van der Waals surface area (Å²) in [7, 11) is 0. The Balaban J connectivity index is 2.71. The van der Waals surface area contributed by atoms with E-state index in [1.54, 1.807) is 12.1 Å². The highest BCUT2D eigenvalue weighted by molar-refractivity contribution is 9.10. The zero-order valence-corrected chi connectivity index (χ0v) is 11.7. The molecule has 0 saturated carbocycles. The predicted octanol–water partition coefficient (Wildman–Crippen LogP) is 3.39. The highest BCUT2D eigenvalue weighted by atomic mass is 79.9. The van der Waals surface area contributed by atoms with Crippen molar-refractivity contribution in [3.63, 3.8) is 0 Å². The van der Waals surface area contributed by atoms with Crippen molar-refractivity contribution in [1.82, 2.24) is 0 Å². The molecule has 0 aliphatic rings. The molecule has 0 atom stereocenters. The third-order valence-corrected chi connectivity index (χ3v) is 2.56. The number of halogens is 1. The summed E-state index contributed by atoms with van der Waals surface area (Å²) in [6, 6.07) is 5.48. The number of hydrogen-bond donors (Lipinski definition) is 1. The molecule has 3 nitrogen and oxygen atoms in total. The third kappa shape index (κ3) is 5.04. The standard InChI is InChI=1S/C13H16BrNO2/c1-13(2,3)17-12(16)7-5-9-4-6-10(14)11(15)8-9/h4-8H,15H2,1-3H3/b7-5+. The summed E-state index contributed by atoms with van der Waals surface area (Å²) < 4.78 is 5.99. The van der Waals surface area contributed by atoms with Crippen molar-refractivity contribution in [1.29, 1.82) is 0 Å². The van der Waals surface area contributed by atoms with Gasteiger partial charge in [0.1, 0.15) is 5.60 Å². The van der Waals surface area contributed by atoms with Gasteiger partial charge in [0.15, 0.2) is 0 Å². The smallest absolute Gasteiger partial charge is 0.331 e. The lowest BCUT2D eigenvalue weighted by atomic mass is 10.2. The Morgan fingerprint density at radius 3 is 2.59 bits per heavy atom. The van der Waals surface area contributed by atoms with Gasteiger partial charge in [-0.15, -0.1) is 0 Å². The van der Waals surface area contributed by atoms with E-state index >= 15 is 0 Å². The summed E-state index contributed by atoms with van der Waals surface area (Å²) in [5.74, 6) is -0.362. The van der Waals surface area contributed by atoms with Crippen LogP contribution < -0.4 is 5.73 Å². The van der Waals surface area contributed by atoms with E-state index in [4.69, 9.17) is 10.5 Å². The maximum atomic E-state index is 11.4. The molecule has 0 aliphatic heterocycles. The van der Waals surface area contributed by atoms with Crippen molar-refractivity contribution in [2.75, 3.05) is 5.73 Å². The molecule has 0 bridgehead atoms. The van der Waals surface area contributed by atoms with Crippen LogP contribution in [0.1, 0.15) is 26.3 Å². The Labute approximate surface area is 110 Å². The van der Waals surface area contributed by atoms with Gasteiger partial charge in [-0.3, -0.25) is 0 Å². The predicted molar refractivity (Wildman–Crippen MR) is 73.4 cm³/mol. The van der Waals surface area contributed by atoms with Crippen molar-refractivity contribution in [3.05, 3.63) is 34.3 Å². The van der Waals surface area contributed by atoms with Gasteiger partial charge in [-0.2, -0.15) is 0 Å². The molecule has 0 unspecified atom stereocenters. The van der Waals surface area contributed by atoms with E-state index in [1.807, 2.05) is 32.9 Å². The van der Waals surface area contributed by atoms with Crippen LogP contribution in [0, 0.1) is 0 Å². The fourth-order valence-corrected chi connectivity index (χ4v) is 1.41. The van der Waals surface area contributed by atoms with E-state index in [9.17, 15) is 4.79 Å². The minimum Gasteiger partial charge on any atom is -0.457 e. The summed E-state index contributed by atoms with van der Waals surface area (Å²) >= 11 is 3.31. The maximum absolute atomic E-state index is 11.4. The zero-order valence-electron chi connectivity index (χ0n) is 10.2. The van der Waals surface area contributed by atoms with Crippen LogP contribution in [-0.2, 0) is 9.53 Å². The summed E-state index contributed by atoms with van der Waals surface area (Å²) in [6.45, 7) is 5.49. The van der Waals surface area contributed by atoms with Crippen molar-refractivity contribution >= 4 is 33.7 Å². The van der Waals surface area contributed by atoms with Gasteiger partial charge in [-0.1, -0.05) is 6.07 Å². The summed E-state index contributed by atoms with van der Waals surface area (Å²) in [5, 5.41) is 0. The lowest BCUT2D eigenvalue weighted by Crippen LogP contribution is -2.22. The molecular formula is C13H16BrNO2. The first-order valence-electron chi connectivity index (χ1n) is 5.24. The number of rotatable bonds is 2. The molecule has 1 aromatic carbocycles. The summed E-state index contributed by atoms with van der Waals surface area (Å²) in [4.78, 5) is 11.4. The van der Waals surface area contributed by atoms with Gasteiger partial charge in [0.2, 0.25) is 0 Å². The van der Waals surface area contributed by atoms with Crippen LogP contribution in [-0.4, -0.2) is 11.6 Å². The van der Waals surface area contributed by atoms with Crippen molar-refractivity contribution in [2.24, 2.45) is 0 Å². The number of hydrogen-bond acceptors (Lipinski definition) is 3. The first kappa shape index (κ1) is 13.8. The van der Waals surface area contributed by atoms with Gasteiger partial charge >= 0.3 is 5.97 Å². The fraction of sp³-hybridized carbons (Fsp3) is 0.308. The largest absolute Gasteiger partial charge is 0.457 e. The fourth-order valence-electron chi connectivity index (χ4n) is 1.17. The topological polar surface area (TPSA) is 52.3 Å². The number of nitrogen functional groups attached to an aromatic ring is 1. The van der Waals surface area contributed by atoms with Crippen molar-refractivity contribution < 1.29 is 9.53 Å². The molecule has 0 radical (unpaired) electrons. The van der Waals surface area contributed by atoms with Crippen molar-refractivity contribution in [3.8, 4) is 0 Å². The number of nitrogens with two attached hydrogens (primary N) is 1. The van der Waals surface area contributed by atoms with E-state index in [1.165, 1.54) is 6.08 Å². The number of esters is 1. The van der Waals surface area contributed by atoms with Gasteiger partial charge < -0.3 is 10.5 Å². The lowest BCUT2D eigenvalue weighted by Gasteiger charge is -2.17. The summed E-state index contributed by atoms with van der Waals surface area (Å²) in [5.41, 5.74) is 6.75. The number of ether oxygens (including phenoxy) is 1. The number of anilines is 1. The molecule has 0 fully saturated rings. The second kappa shape index (κ2) is 5.36. The van der Waals surface area contributed by atoms with Gasteiger partial charge in [0.25, 0.3) is 0 Å². The van der Waals surface area contributed by atoms with Crippen LogP contribution in [0.5, 0.6) is 0 Å². The molecule has 92 valence electrons. The van der Waals surface area contributed by atoms with E-state index in [-0.39, 0.29) is 5.97 Å². The monoisotopic (exact) mass is 297 g/mol. The maximum Gasteiger partial charge on any atom is 0.331 e. The van der Waals surface area contributed by atoms with Crippen LogP contribution in [0.25, 0.3) is 6.08 Å². The molecule has 0 spiro atoms. The molecule has 0 amide bonds. The first-order valence-corrected chi connectivity index (χ1v) is 6.03. The molecule has 0 saturated heterocycles. The Morgan fingerprint density at radius 2 is 2.06 bits per heavy atom. The summed E-state index contributed by atoms with van der Waals surface area (Å²) in [6.07, 6.45) is 3.07. The van der Waals surface area contributed by atoms with Gasteiger partial charge in [0.05, 0.1) is 0 Å². The molecule has 0 heterocycles. The second-order valence-electron chi connectivity index (χ2n) is 4.65. The Hall–Kier alpha value is -1.29. The molecule has 17 heavy (non-hydrogen) atoms. The normalized spacial score (nSPS) is 11.8. The molecule has 0 aliphatic carbocycles. The average Bonchev–Trinajstić information content (AvgIpc) is 2.17. The Bertz CT molecular complexity index is 447. The third-order valence-electron chi connectivity index (χ3n) is 1.84. The molecular weight excluding hydrogens is 282 g/mol. The van der Waals surface area contributed by atoms with Gasteiger partial charge in [-0.05, 0) is 60.5 Å². The minimum absolute atomic E-state index is 0.362. The average molecular weight is 298 g/mol.